The fourth-order valence-electron chi connectivity index (χ4n) is 3.14. The SMILES string of the molecule is Cc1n[nH]c(C)c1S(=O)(=O)N1CCCN(C(=O)Nc2ccccc2Cl)CC1. The van der Waals surface area contributed by atoms with Gasteiger partial charge >= 0.3 is 6.03 Å². The Morgan fingerprint density at radius 2 is 1.93 bits per heavy atom. The molecule has 1 aliphatic rings. The molecule has 8 nitrogen and oxygen atoms in total. The van der Waals surface area contributed by atoms with E-state index < -0.39 is 10.0 Å². The average Bonchev–Trinajstić information content (AvgIpc) is 2.83. The number of halogens is 1. The molecule has 2 heterocycles. The molecule has 2 aromatic rings. The zero-order valence-corrected chi connectivity index (χ0v) is 16.8. The number of nitrogens with one attached hydrogen (secondary N) is 2. The first-order valence-electron chi connectivity index (χ1n) is 8.63. The van der Waals surface area contributed by atoms with E-state index in [1.807, 2.05) is 0 Å². The van der Waals surface area contributed by atoms with E-state index in [0.29, 0.717) is 48.2 Å². The first kappa shape index (κ1) is 19.7. The number of amides is 2. The Balaban J connectivity index is 1.70. The molecule has 1 aliphatic heterocycles. The molecular formula is C17H22ClN5O3S. The molecule has 0 saturated carbocycles. The van der Waals surface area contributed by atoms with Gasteiger partial charge in [0.15, 0.2) is 0 Å². The van der Waals surface area contributed by atoms with Crippen LogP contribution in [0.15, 0.2) is 29.2 Å². The Labute approximate surface area is 163 Å². The molecule has 0 radical (unpaired) electrons. The summed E-state index contributed by atoms with van der Waals surface area (Å²) in [6, 6.07) is 6.70. The van der Waals surface area contributed by atoms with Gasteiger partial charge in [0.05, 0.1) is 22.1 Å². The fourth-order valence-corrected chi connectivity index (χ4v) is 5.13. The number of H-pyrrole nitrogens is 1. The van der Waals surface area contributed by atoms with Gasteiger partial charge in [-0.05, 0) is 32.4 Å². The number of hydrogen-bond donors (Lipinski definition) is 2. The molecule has 0 aliphatic carbocycles. The summed E-state index contributed by atoms with van der Waals surface area (Å²) in [6.07, 6.45) is 0.547. The van der Waals surface area contributed by atoms with Gasteiger partial charge in [-0.1, -0.05) is 23.7 Å². The van der Waals surface area contributed by atoms with Gasteiger partial charge < -0.3 is 10.2 Å². The number of urea groups is 1. The molecule has 1 aromatic heterocycles. The number of rotatable bonds is 3. The highest BCUT2D eigenvalue weighted by Crippen LogP contribution is 2.24. The normalized spacial score (nSPS) is 16.2. The molecule has 1 saturated heterocycles. The average molecular weight is 412 g/mol. The third-order valence-corrected chi connectivity index (χ3v) is 7.01. The maximum atomic E-state index is 13.0. The smallest absolute Gasteiger partial charge is 0.321 e. The number of anilines is 1. The van der Waals surface area contributed by atoms with Gasteiger partial charge in [-0.3, -0.25) is 5.10 Å². The molecule has 146 valence electrons. The van der Waals surface area contributed by atoms with E-state index in [1.54, 1.807) is 43.0 Å². The van der Waals surface area contributed by atoms with Crippen molar-refractivity contribution in [3.05, 3.63) is 40.7 Å². The monoisotopic (exact) mass is 411 g/mol. The quantitative estimate of drug-likeness (QED) is 0.810. The van der Waals surface area contributed by atoms with Crippen molar-refractivity contribution < 1.29 is 13.2 Å². The van der Waals surface area contributed by atoms with E-state index in [0.717, 1.165) is 0 Å². The van der Waals surface area contributed by atoms with Crippen LogP contribution in [0.25, 0.3) is 0 Å². The van der Waals surface area contributed by atoms with Crippen LogP contribution >= 0.6 is 11.6 Å². The number of aryl methyl sites for hydroxylation is 2. The van der Waals surface area contributed by atoms with Crippen molar-refractivity contribution in [2.45, 2.75) is 25.2 Å². The summed E-state index contributed by atoms with van der Waals surface area (Å²) >= 11 is 6.08. The summed E-state index contributed by atoms with van der Waals surface area (Å²) in [6.45, 7) is 4.69. The second kappa shape index (κ2) is 7.87. The number of hydrogen-bond acceptors (Lipinski definition) is 4. The highest BCUT2D eigenvalue weighted by Gasteiger charge is 2.31. The summed E-state index contributed by atoms with van der Waals surface area (Å²) in [5, 5.41) is 9.93. The van der Waals surface area contributed by atoms with Crippen molar-refractivity contribution in [2.24, 2.45) is 0 Å². The molecule has 10 heteroatoms. The summed E-state index contributed by atoms with van der Waals surface area (Å²) in [5.74, 6) is 0. The lowest BCUT2D eigenvalue weighted by molar-refractivity contribution is 0.214. The van der Waals surface area contributed by atoms with Crippen molar-refractivity contribution in [3.63, 3.8) is 0 Å². The van der Waals surface area contributed by atoms with Crippen LogP contribution in [0.5, 0.6) is 0 Å². The Morgan fingerprint density at radius 3 is 2.59 bits per heavy atom. The highest BCUT2D eigenvalue weighted by atomic mass is 35.5. The van der Waals surface area contributed by atoms with E-state index in [2.05, 4.69) is 15.5 Å². The van der Waals surface area contributed by atoms with Gasteiger partial charge in [0, 0.05) is 26.2 Å². The second-order valence-corrected chi connectivity index (χ2v) is 8.70. The molecule has 0 spiro atoms. The van der Waals surface area contributed by atoms with Crippen molar-refractivity contribution in [2.75, 3.05) is 31.5 Å². The molecule has 1 aromatic carbocycles. The van der Waals surface area contributed by atoms with Gasteiger partial charge in [0.25, 0.3) is 0 Å². The number of sulfonamides is 1. The lowest BCUT2D eigenvalue weighted by atomic mass is 10.3. The van der Waals surface area contributed by atoms with Gasteiger partial charge in [-0.15, -0.1) is 0 Å². The van der Waals surface area contributed by atoms with Gasteiger partial charge in [-0.2, -0.15) is 9.40 Å². The standard InChI is InChI=1S/C17H22ClN5O3S/c1-12-16(13(2)21-20-12)27(25,26)23-9-5-8-22(10-11-23)17(24)19-15-7-4-3-6-14(15)18/h3-4,6-7H,5,8-11H2,1-2H3,(H,19,24)(H,20,21). The summed E-state index contributed by atoms with van der Waals surface area (Å²) in [5.41, 5.74) is 1.50. The summed E-state index contributed by atoms with van der Waals surface area (Å²) < 4.78 is 27.4. The van der Waals surface area contributed by atoms with E-state index in [9.17, 15) is 13.2 Å². The number of benzene rings is 1. The second-order valence-electron chi connectivity index (χ2n) is 6.42. The van der Waals surface area contributed by atoms with Crippen LogP contribution in [0, 0.1) is 13.8 Å². The zero-order valence-electron chi connectivity index (χ0n) is 15.2. The van der Waals surface area contributed by atoms with Crippen LogP contribution in [-0.4, -0.2) is 60.0 Å². The molecule has 27 heavy (non-hydrogen) atoms. The third-order valence-electron chi connectivity index (χ3n) is 4.52. The molecular weight excluding hydrogens is 390 g/mol. The van der Waals surface area contributed by atoms with Crippen LogP contribution in [0.1, 0.15) is 17.8 Å². The van der Waals surface area contributed by atoms with E-state index in [-0.39, 0.29) is 17.5 Å². The zero-order chi connectivity index (χ0) is 19.6. The van der Waals surface area contributed by atoms with E-state index >= 15 is 0 Å². The highest BCUT2D eigenvalue weighted by molar-refractivity contribution is 7.89. The Bertz CT molecular complexity index is 924. The number of carbonyl (C=O) groups is 1. The lowest BCUT2D eigenvalue weighted by Crippen LogP contribution is -2.39. The van der Waals surface area contributed by atoms with Crippen LogP contribution < -0.4 is 5.32 Å². The predicted molar refractivity (Wildman–Crippen MR) is 103 cm³/mol. The Morgan fingerprint density at radius 1 is 1.19 bits per heavy atom. The number of para-hydroxylation sites is 1. The topological polar surface area (TPSA) is 98.4 Å². The van der Waals surface area contributed by atoms with Gasteiger partial charge in [-0.25, -0.2) is 13.2 Å². The Hall–Kier alpha value is -2.10. The van der Waals surface area contributed by atoms with Crippen molar-refractivity contribution >= 4 is 33.3 Å². The molecule has 3 rings (SSSR count). The number of aromatic nitrogens is 2. The van der Waals surface area contributed by atoms with E-state index in [4.69, 9.17) is 11.6 Å². The molecule has 2 N–H and O–H groups in total. The molecule has 1 fully saturated rings. The fraction of sp³-hybridized carbons (Fsp3) is 0.412. The molecule has 0 bridgehead atoms. The minimum atomic E-state index is -3.66. The lowest BCUT2D eigenvalue weighted by Gasteiger charge is -2.22. The molecule has 0 atom stereocenters. The van der Waals surface area contributed by atoms with Gasteiger partial charge in [0.1, 0.15) is 4.90 Å². The first-order valence-corrected chi connectivity index (χ1v) is 10.4. The van der Waals surface area contributed by atoms with Crippen molar-refractivity contribution in [1.29, 1.82) is 0 Å². The maximum absolute atomic E-state index is 13.0. The minimum Gasteiger partial charge on any atom is -0.323 e. The predicted octanol–water partition coefficient (Wildman–Crippen LogP) is 2.61. The third kappa shape index (κ3) is 4.10. The number of carbonyl (C=O) groups excluding carboxylic acids is 1. The number of aromatic amines is 1. The first-order chi connectivity index (χ1) is 12.8. The van der Waals surface area contributed by atoms with Crippen LogP contribution in [0.3, 0.4) is 0 Å². The summed E-state index contributed by atoms with van der Waals surface area (Å²) in [7, 11) is -3.66. The van der Waals surface area contributed by atoms with Crippen molar-refractivity contribution in [3.8, 4) is 0 Å². The van der Waals surface area contributed by atoms with Crippen LogP contribution in [0.2, 0.25) is 5.02 Å². The molecule has 2 amide bonds. The maximum Gasteiger partial charge on any atom is 0.321 e. The van der Waals surface area contributed by atoms with Crippen LogP contribution in [-0.2, 0) is 10.0 Å². The molecule has 0 unspecified atom stereocenters. The van der Waals surface area contributed by atoms with Crippen molar-refractivity contribution in [1.82, 2.24) is 19.4 Å². The minimum absolute atomic E-state index is 0.219. The Kier molecular flexibility index (Phi) is 5.73. The number of nitrogens with zero attached hydrogens (tertiary/aromatic N) is 3. The van der Waals surface area contributed by atoms with E-state index in [1.165, 1.54) is 4.31 Å². The van der Waals surface area contributed by atoms with Crippen LogP contribution in [0.4, 0.5) is 10.5 Å². The van der Waals surface area contributed by atoms with Gasteiger partial charge in [0.2, 0.25) is 10.0 Å². The largest absolute Gasteiger partial charge is 0.323 e. The summed E-state index contributed by atoms with van der Waals surface area (Å²) in [4.78, 5) is 14.4.